The van der Waals surface area contributed by atoms with Gasteiger partial charge in [0, 0.05) is 11.7 Å². The molecule has 3 nitrogen and oxygen atoms in total. The van der Waals surface area contributed by atoms with Gasteiger partial charge >= 0.3 is 6.61 Å². The maximum Gasteiger partial charge on any atom is 0.387 e. The van der Waals surface area contributed by atoms with E-state index in [2.05, 4.69) is 23.9 Å². The lowest BCUT2D eigenvalue weighted by Gasteiger charge is -2.33. The molecule has 1 aliphatic rings. The maximum atomic E-state index is 12.0. The lowest BCUT2D eigenvalue weighted by Crippen LogP contribution is -2.36. The van der Waals surface area contributed by atoms with Gasteiger partial charge < -0.3 is 14.8 Å². The summed E-state index contributed by atoms with van der Waals surface area (Å²) in [5, 5.41) is 3.40. The van der Waals surface area contributed by atoms with Crippen LogP contribution in [-0.2, 0) is 4.74 Å². The Morgan fingerprint density at radius 3 is 2.26 bits per heavy atom. The van der Waals surface area contributed by atoms with Crippen molar-refractivity contribution >= 4 is 5.69 Å². The molecule has 0 amide bonds. The first-order chi connectivity index (χ1) is 9.02. The molecule has 1 fully saturated rings. The van der Waals surface area contributed by atoms with Crippen LogP contribution in [0.4, 0.5) is 14.5 Å². The molecule has 0 spiro atoms. The first kappa shape index (κ1) is 14.1. The zero-order valence-electron chi connectivity index (χ0n) is 11.1. The van der Waals surface area contributed by atoms with E-state index in [0.29, 0.717) is 6.04 Å². The van der Waals surface area contributed by atoms with Gasteiger partial charge in [0.05, 0.1) is 12.2 Å². The van der Waals surface area contributed by atoms with Crippen molar-refractivity contribution in [2.24, 2.45) is 0 Å². The fourth-order valence-corrected chi connectivity index (χ4v) is 2.49. The van der Waals surface area contributed by atoms with Crippen LogP contribution in [-0.4, -0.2) is 24.9 Å². The second-order valence-electron chi connectivity index (χ2n) is 4.97. The van der Waals surface area contributed by atoms with Crippen molar-refractivity contribution in [2.75, 3.05) is 5.32 Å². The number of hydrogen-bond acceptors (Lipinski definition) is 3. The molecule has 1 N–H and O–H groups in total. The van der Waals surface area contributed by atoms with Crippen LogP contribution in [0.15, 0.2) is 24.3 Å². The number of hydrogen-bond donors (Lipinski definition) is 1. The number of nitrogens with one attached hydrogen (secondary N) is 1. The topological polar surface area (TPSA) is 30.5 Å². The third-order valence-corrected chi connectivity index (χ3v) is 3.15. The Morgan fingerprint density at radius 2 is 1.74 bits per heavy atom. The molecule has 0 aromatic heterocycles. The van der Waals surface area contributed by atoms with E-state index in [-0.39, 0.29) is 18.0 Å². The summed E-state index contributed by atoms with van der Waals surface area (Å²) >= 11 is 0. The second-order valence-corrected chi connectivity index (χ2v) is 4.97. The van der Waals surface area contributed by atoms with E-state index in [4.69, 9.17) is 4.74 Å². The van der Waals surface area contributed by atoms with Crippen LogP contribution in [0, 0.1) is 0 Å². The van der Waals surface area contributed by atoms with Crippen LogP contribution in [0.25, 0.3) is 0 Å². The van der Waals surface area contributed by atoms with Gasteiger partial charge in [0.2, 0.25) is 0 Å². The highest BCUT2D eigenvalue weighted by atomic mass is 19.3. The summed E-state index contributed by atoms with van der Waals surface area (Å²) in [5.41, 5.74) is 0.910. The van der Waals surface area contributed by atoms with Crippen LogP contribution in [0.1, 0.15) is 26.7 Å². The summed E-state index contributed by atoms with van der Waals surface area (Å²) in [4.78, 5) is 0. The van der Waals surface area contributed by atoms with Crippen molar-refractivity contribution in [1.29, 1.82) is 0 Å². The largest absolute Gasteiger partial charge is 0.435 e. The molecule has 0 aliphatic carbocycles. The molecule has 2 atom stereocenters. The van der Waals surface area contributed by atoms with Crippen LogP contribution in [0.2, 0.25) is 0 Å². The van der Waals surface area contributed by atoms with E-state index in [0.717, 1.165) is 18.5 Å². The minimum absolute atomic E-state index is 0.175. The monoisotopic (exact) mass is 271 g/mol. The molecule has 0 radical (unpaired) electrons. The first-order valence-corrected chi connectivity index (χ1v) is 6.50. The van der Waals surface area contributed by atoms with E-state index < -0.39 is 6.61 Å². The van der Waals surface area contributed by atoms with Crippen LogP contribution < -0.4 is 10.1 Å². The zero-order valence-corrected chi connectivity index (χ0v) is 11.1. The first-order valence-electron chi connectivity index (χ1n) is 6.50. The normalized spacial score (nSPS) is 27.3. The third-order valence-electron chi connectivity index (χ3n) is 3.15. The summed E-state index contributed by atoms with van der Waals surface area (Å²) in [6, 6.07) is 6.94. The van der Waals surface area contributed by atoms with Gasteiger partial charge in [-0.15, -0.1) is 0 Å². The molecule has 2 unspecified atom stereocenters. The van der Waals surface area contributed by atoms with Crippen molar-refractivity contribution in [3.8, 4) is 5.75 Å². The van der Waals surface area contributed by atoms with E-state index in [1.165, 1.54) is 0 Å². The summed E-state index contributed by atoms with van der Waals surface area (Å²) < 4.78 is 34.0. The summed E-state index contributed by atoms with van der Waals surface area (Å²) in [6.45, 7) is 1.34. The van der Waals surface area contributed by atoms with Crippen molar-refractivity contribution in [2.45, 2.75) is 51.6 Å². The summed E-state index contributed by atoms with van der Waals surface area (Å²) in [5.74, 6) is 0.175. The molecule has 1 aromatic carbocycles. The average Bonchev–Trinajstić information content (AvgIpc) is 2.29. The van der Waals surface area contributed by atoms with Crippen LogP contribution in [0.5, 0.6) is 5.75 Å². The zero-order chi connectivity index (χ0) is 13.8. The molecule has 0 bridgehead atoms. The van der Waals surface area contributed by atoms with E-state index in [1.807, 2.05) is 0 Å². The van der Waals surface area contributed by atoms with E-state index >= 15 is 0 Å². The Kier molecular flexibility index (Phi) is 4.58. The molecule has 1 saturated heterocycles. The smallest absolute Gasteiger partial charge is 0.387 e. The Bertz CT molecular complexity index is 387. The second kappa shape index (κ2) is 6.19. The number of rotatable bonds is 4. The molecule has 0 saturated carbocycles. The lowest BCUT2D eigenvalue weighted by atomic mass is 9.99. The quantitative estimate of drug-likeness (QED) is 0.906. The Labute approximate surface area is 111 Å². The van der Waals surface area contributed by atoms with Gasteiger partial charge in [-0.2, -0.15) is 8.78 Å². The van der Waals surface area contributed by atoms with Gasteiger partial charge in [0.25, 0.3) is 0 Å². The van der Waals surface area contributed by atoms with Crippen molar-refractivity contribution in [1.82, 2.24) is 0 Å². The third kappa shape index (κ3) is 4.35. The van der Waals surface area contributed by atoms with Gasteiger partial charge in [0.15, 0.2) is 0 Å². The highest BCUT2D eigenvalue weighted by Gasteiger charge is 2.24. The SMILES string of the molecule is CC1CC(Nc2ccc(OC(F)F)cc2)CC(C)O1. The highest BCUT2D eigenvalue weighted by Crippen LogP contribution is 2.24. The van der Waals surface area contributed by atoms with Gasteiger partial charge in [0.1, 0.15) is 5.75 Å². The van der Waals surface area contributed by atoms with Gasteiger partial charge in [-0.1, -0.05) is 0 Å². The standard InChI is InChI=1S/C14H19F2NO2/c1-9-7-12(8-10(2)18-9)17-11-3-5-13(6-4-11)19-14(15)16/h3-6,9-10,12,14,17H,7-8H2,1-2H3. The number of halogens is 2. The number of anilines is 1. The molecule has 19 heavy (non-hydrogen) atoms. The average molecular weight is 271 g/mol. The molecule has 1 aromatic rings. The molecule has 1 heterocycles. The lowest BCUT2D eigenvalue weighted by molar-refractivity contribution is -0.0498. The predicted molar refractivity (Wildman–Crippen MR) is 69.7 cm³/mol. The molecule has 106 valence electrons. The number of alkyl halides is 2. The van der Waals surface area contributed by atoms with E-state index in [1.54, 1.807) is 24.3 Å². The van der Waals surface area contributed by atoms with Gasteiger partial charge in [-0.3, -0.25) is 0 Å². The Hall–Kier alpha value is -1.36. The fraction of sp³-hybridized carbons (Fsp3) is 0.571. The van der Waals surface area contributed by atoms with Crippen LogP contribution >= 0.6 is 0 Å². The number of benzene rings is 1. The summed E-state index contributed by atoms with van der Waals surface area (Å²) in [7, 11) is 0. The van der Waals surface area contributed by atoms with Gasteiger partial charge in [-0.25, -0.2) is 0 Å². The minimum Gasteiger partial charge on any atom is -0.435 e. The van der Waals surface area contributed by atoms with E-state index in [9.17, 15) is 8.78 Å². The maximum absolute atomic E-state index is 12.0. The summed E-state index contributed by atoms with van der Waals surface area (Å²) in [6.07, 6.45) is 2.37. The Balaban J connectivity index is 1.92. The molecule has 2 rings (SSSR count). The molecule has 5 heteroatoms. The van der Waals surface area contributed by atoms with Crippen molar-refractivity contribution in [3.05, 3.63) is 24.3 Å². The minimum atomic E-state index is -2.78. The van der Waals surface area contributed by atoms with Gasteiger partial charge in [-0.05, 0) is 51.0 Å². The molecular formula is C14H19F2NO2. The fourth-order valence-electron chi connectivity index (χ4n) is 2.49. The molecular weight excluding hydrogens is 252 g/mol. The highest BCUT2D eigenvalue weighted by molar-refractivity contribution is 5.47. The van der Waals surface area contributed by atoms with Crippen molar-refractivity contribution < 1.29 is 18.3 Å². The Morgan fingerprint density at radius 1 is 1.16 bits per heavy atom. The van der Waals surface area contributed by atoms with Crippen LogP contribution in [0.3, 0.4) is 0 Å². The molecule has 1 aliphatic heterocycles. The predicted octanol–water partition coefficient (Wildman–Crippen LogP) is 3.66. The number of ether oxygens (including phenoxy) is 2. The van der Waals surface area contributed by atoms with Crippen molar-refractivity contribution in [3.63, 3.8) is 0 Å².